The normalized spacial score (nSPS) is 64.0. The van der Waals surface area contributed by atoms with Crippen LogP contribution in [-0.2, 0) is 0 Å². The Morgan fingerprint density at radius 1 is 0.875 bits per heavy atom. The maximum atomic E-state index is 2.38. The molecule has 0 aromatic carbocycles. The molecule has 0 aromatic rings. The summed E-state index contributed by atoms with van der Waals surface area (Å²) in [7, 11) is 0. The summed E-state index contributed by atoms with van der Waals surface area (Å²) in [4.78, 5) is 0. The first kappa shape index (κ1) is 3.71. The third kappa shape index (κ3) is 0.249. The first-order chi connectivity index (χ1) is 3.98. The maximum absolute atomic E-state index is 2.38. The number of hydrogen-bond acceptors (Lipinski definition) is 0. The molecule has 0 saturated heterocycles. The van der Waals surface area contributed by atoms with Crippen molar-refractivity contribution in [1.29, 1.82) is 0 Å². The van der Waals surface area contributed by atoms with Crippen LogP contribution in [0.25, 0.3) is 0 Å². The third-order valence-corrected chi connectivity index (χ3v) is 3.12. The van der Waals surface area contributed by atoms with Gasteiger partial charge in [-0.2, -0.15) is 0 Å². The standard InChI is InChI=1S/C8H10/c1-2-4-6-7-5(3-1)8(6)7/h1-2,5-8H,3-4H2. The summed E-state index contributed by atoms with van der Waals surface area (Å²) in [6.45, 7) is 0. The first-order valence-corrected chi connectivity index (χ1v) is 3.63. The Hall–Kier alpha value is -0.260. The number of fused-ring (bicyclic) bond motifs is 2. The summed E-state index contributed by atoms with van der Waals surface area (Å²) >= 11 is 0. The molecule has 0 atom stereocenters. The van der Waals surface area contributed by atoms with Crippen LogP contribution in [0.5, 0.6) is 0 Å². The lowest BCUT2D eigenvalue weighted by Crippen LogP contribution is -1.94. The van der Waals surface area contributed by atoms with Crippen molar-refractivity contribution >= 4 is 0 Å². The summed E-state index contributed by atoms with van der Waals surface area (Å²) < 4.78 is 0. The quantitative estimate of drug-likeness (QED) is 0.413. The lowest BCUT2D eigenvalue weighted by molar-refractivity contribution is 0.497. The zero-order chi connectivity index (χ0) is 5.14. The average Bonchev–Trinajstić information content (AvgIpc) is 2.59. The van der Waals surface area contributed by atoms with Gasteiger partial charge in [0.15, 0.2) is 0 Å². The highest BCUT2D eigenvalue weighted by Gasteiger charge is 2.71. The lowest BCUT2D eigenvalue weighted by Gasteiger charge is -2.00. The Morgan fingerprint density at radius 3 is 1.88 bits per heavy atom. The van der Waals surface area contributed by atoms with E-state index in [9.17, 15) is 0 Å². The van der Waals surface area contributed by atoms with Crippen LogP contribution in [0.1, 0.15) is 12.8 Å². The minimum Gasteiger partial charge on any atom is -0.0882 e. The minimum atomic E-state index is 1.17. The monoisotopic (exact) mass is 106 g/mol. The molecular weight excluding hydrogens is 96.1 g/mol. The highest BCUT2D eigenvalue weighted by atomic mass is 14.8. The van der Waals surface area contributed by atoms with Gasteiger partial charge in [0, 0.05) is 0 Å². The Kier molecular flexibility index (Phi) is 0.415. The second kappa shape index (κ2) is 0.896. The van der Waals surface area contributed by atoms with Gasteiger partial charge in [0.1, 0.15) is 0 Å². The average molecular weight is 106 g/mol. The topological polar surface area (TPSA) is 0 Å². The fourth-order valence-electron chi connectivity index (χ4n) is 2.48. The van der Waals surface area contributed by atoms with E-state index in [1.807, 2.05) is 0 Å². The lowest BCUT2D eigenvalue weighted by atomic mass is 10.0. The van der Waals surface area contributed by atoms with Crippen molar-refractivity contribution in [1.82, 2.24) is 0 Å². The molecule has 0 amide bonds. The van der Waals surface area contributed by atoms with Crippen LogP contribution in [0.15, 0.2) is 12.2 Å². The van der Waals surface area contributed by atoms with Gasteiger partial charge >= 0.3 is 0 Å². The van der Waals surface area contributed by atoms with E-state index in [4.69, 9.17) is 0 Å². The van der Waals surface area contributed by atoms with Crippen LogP contribution in [0, 0.1) is 23.7 Å². The highest BCUT2D eigenvalue weighted by Crippen LogP contribution is 2.76. The molecule has 8 heavy (non-hydrogen) atoms. The Morgan fingerprint density at radius 2 is 1.38 bits per heavy atom. The van der Waals surface area contributed by atoms with Crippen molar-refractivity contribution in [3.05, 3.63) is 12.2 Å². The van der Waals surface area contributed by atoms with Gasteiger partial charge in [-0.1, -0.05) is 12.2 Å². The fraction of sp³-hybridized carbons (Fsp3) is 0.750. The SMILES string of the molecule is C1=CCC2C3C(C1)C23. The molecule has 0 unspecified atom stereocenters. The van der Waals surface area contributed by atoms with Gasteiger partial charge < -0.3 is 0 Å². The molecule has 0 aromatic heterocycles. The molecule has 0 radical (unpaired) electrons. The van der Waals surface area contributed by atoms with Crippen molar-refractivity contribution in [2.24, 2.45) is 23.7 Å². The van der Waals surface area contributed by atoms with E-state index in [-0.39, 0.29) is 0 Å². The molecule has 2 saturated carbocycles. The maximum Gasteiger partial charge on any atom is -0.0311 e. The number of allylic oxidation sites excluding steroid dienone is 2. The van der Waals surface area contributed by atoms with Crippen molar-refractivity contribution in [3.8, 4) is 0 Å². The van der Waals surface area contributed by atoms with Crippen molar-refractivity contribution in [2.75, 3.05) is 0 Å². The molecule has 4 aliphatic carbocycles. The molecule has 2 fully saturated rings. The molecule has 0 spiro atoms. The van der Waals surface area contributed by atoms with E-state index in [1.54, 1.807) is 0 Å². The van der Waals surface area contributed by atoms with E-state index in [0.717, 1.165) is 0 Å². The highest BCUT2D eigenvalue weighted by molar-refractivity contribution is 5.24. The van der Waals surface area contributed by atoms with Crippen molar-refractivity contribution in [2.45, 2.75) is 12.8 Å². The van der Waals surface area contributed by atoms with Gasteiger partial charge in [-0.3, -0.25) is 0 Å². The predicted molar refractivity (Wildman–Crippen MR) is 32.3 cm³/mol. The molecule has 0 heteroatoms. The van der Waals surface area contributed by atoms with E-state index in [2.05, 4.69) is 12.2 Å². The Balaban J connectivity index is 1.93. The first-order valence-electron chi connectivity index (χ1n) is 3.63. The molecule has 0 aliphatic heterocycles. The van der Waals surface area contributed by atoms with Gasteiger partial charge in [0.05, 0.1) is 0 Å². The number of hydrogen-bond donors (Lipinski definition) is 0. The van der Waals surface area contributed by atoms with E-state index < -0.39 is 0 Å². The molecule has 0 N–H and O–H groups in total. The van der Waals surface area contributed by atoms with E-state index >= 15 is 0 Å². The van der Waals surface area contributed by atoms with Gasteiger partial charge in [-0.25, -0.2) is 0 Å². The third-order valence-electron chi connectivity index (χ3n) is 3.12. The zero-order valence-corrected chi connectivity index (χ0v) is 4.88. The Bertz CT molecular complexity index is 131. The summed E-state index contributed by atoms with van der Waals surface area (Å²) in [5.74, 6) is 4.76. The van der Waals surface area contributed by atoms with Crippen LogP contribution < -0.4 is 0 Å². The van der Waals surface area contributed by atoms with E-state index in [0.29, 0.717) is 0 Å². The van der Waals surface area contributed by atoms with Gasteiger partial charge in [0.25, 0.3) is 0 Å². The van der Waals surface area contributed by atoms with Crippen LogP contribution in [0.3, 0.4) is 0 Å². The molecule has 42 valence electrons. The molecule has 0 heterocycles. The number of rotatable bonds is 0. The van der Waals surface area contributed by atoms with Crippen LogP contribution in [-0.4, -0.2) is 0 Å². The van der Waals surface area contributed by atoms with Gasteiger partial charge in [-0.15, -0.1) is 0 Å². The predicted octanol–water partition coefficient (Wildman–Crippen LogP) is 1.83. The van der Waals surface area contributed by atoms with E-state index in [1.165, 1.54) is 36.5 Å². The largest absolute Gasteiger partial charge is 0.0882 e. The minimum absolute atomic E-state index is 1.17. The van der Waals surface area contributed by atoms with Crippen molar-refractivity contribution < 1.29 is 0 Å². The fourth-order valence-corrected chi connectivity index (χ4v) is 2.48. The summed E-state index contributed by atoms with van der Waals surface area (Å²) in [5.41, 5.74) is 0. The summed E-state index contributed by atoms with van der Waals surface area (Å²) in [5, 5.41) is 0. The molecule has 0 nitrogen and oxygen atoms in total. The zero-order valence-electron chi connectivity index (χ0n) is 4.88. The van der Waals surface area contributed by atoms with Gasteiger partial charge in [0.2, 0.25) is 0 Å². The Labute approximate surface area is 49.6 Å². The second-order valence-corrected chi connectivity index (χ2v) is 3.43. The van der Waals surface area contributed by atoms with Gasteiger partial charge in [-0.05, 0) is 36.5 Å². The molecule has 4 aliphatic rings. The molecule has 4 rings (SSSR count). The van der Waals surface area contributed by atoms with Crippen LogP contribution >= 0.6 is 0 Å². The summed E-state index contributed by atoms with van der Waals surface area (Å²) in [6.07, 6.45) is 7.58. The van der Waals surface area contributed by atoms with Crippen LogP contribution in [0.2, 0.25) is 0 Å². The second-order valence-electron chi connectivity index (χ2n) is 3.43. The molecule has 2 bridgehead atoms. The summed E-state index contributed by atoms with van der Waals surface area (Å²) in [6, 6.07) is 0. The van der Waals surface area contributed by atoms with Crippen molar-refractivity contribution in [3.63, 3.8) is 0 Å². The van der Waals surface area contributed by atoms with Crippen LogP contribution in [0.4, 0.5) is 0 Å². The molecular formula is C8H10. The smallest absolute Gasteiger partial charge is 0.0311 e.